The number of benzene rings is 2. The van der Waals surface area contributed by atoms with Gasteiger partial charge in [-0.3, -0.25) is 19.1 Å². The first-order chi connectivity index (χ1) is 28.4. The predicted octanol–water partition coefficient (Wildman–Crippen LogP) is 5.57. The van der Waals surface area contributed by atoms with Crippen LogP contribution >= 0.6 is 0 Å². The number of hydrogen-bond acceptors (Lipinski definition) is 10. The SMILES string of the molecule is COc1ccc2c(O[C@@H]3C[C@H]4C(=O)N[C@]5(C(=O)NS(=O)(=O)C6(C)CC6)C[C@H]5C=CCC[C@@H](C)C[C@@H](C)[C@H](NC(=O)O)C(=O)N4C3)cc(-c3ccc(OC(C)C)cc3)nc2c1. The van der Waals surface area contributed by atoms with E-state index in [9.17, 15) is 32.7 Å². The van der Waals surface area contributed by atoms with Crippen molar-refractivity contribution in [3.8, 4) is 28.5 Å². The lowest BCUT2D eigenvalue weighted by Gasteiger charge is -2.32. The average molecular weight is 846 g/mol. The Morgan fingerprint density at radius 3 is 2.42 bits per heavy atom. The van der Waals surface area contributed by atoms with Crippen LogP contribution in [0.15, 0.2) is 60.7 Å². The fourth-order valence-corrected chi connectivity index (χ4v) is 9.75. The fourth-order valence-electron chi connectivity index (χ4n) is 8.43. The molecule has 3 aromatic rings. The summed E-state index contributed by atoms with van der Waals surface area (Å²) in [5.41, 5.74) is 0.389. The average Bonchev–Trinajstić information content (AvgIpc) is 4.08. The molecule has 1 saturated heterocycles. The summed E-state index contributed by atoms with van der Waals surface area (Å²) >= 11 is 0. The summed E-state index contributed by atoms with van der Waals surface area (Å²) < 4.78 is 45.7. The number of methoxy groups -OCH3 is 1. The number of ether oxygens (including phenoxy) is 3. The lowest BCUT2D eigenvalue weighted by Crippen LogP contribution is -2.59. The Morgan fingerprint density at radius 2 is 1.75 bits per heavy atom. The maximum absolute atomic E-state index is 14.6. The van der Waals surface area contributed by atoms with Crippen LogP contribution in [-0.2, 0) is 24.4 Å². The van der Waals surface area contributed by atoms with Crippen LogP contribution < -0.4 is 29.6 Å². The minimum Gasteiger partial charge on any atom is -0.497 e. The van der Waals surface area contributed by atoms with Gasteiger partial charge in [0.25, 0.3) is 5.91 Å². The van der Waals surface area contributed by atoms with Gasteiger partial charge in [-0.05, 0) is 108 Å². The van der Waals surface area contributed by atoms with Crippen molar-refractivity contribution in [2.45, 2.75) is 114 Å². The van der Waals surface area contributed by atoms with Crippen LogP contribution in [0, 0.1) is 17.8 Å². The van der Waals surface area contributed by atoms with Gasteiger partial charge in [0.2, 0.25) is 21.8 Å². The van der Waals surface area contributed by atoms with Crippen molar-refractivity contribution < 1.29 is 46.9 Å². The van der Waals surface area contributed by atoms with Crippen molar-refractivity contribution in [2.24, 2.45) is 17.8 Å². The number of rotatable bonds is 10. The normalized spacial score (nSPS) is 27.8. The van der Waals surface area contributed by atoms with Gasteiger partial charge in [0, 0.05) is 35.4 Å². The first kappa shape index (κ1) is 42.7. The van der Waals surface area contributed by atoms with E-state index in [0.29, 0.717) is 59.5 Å². The molecule has 2 aliphatic carbocycles. The standard InChI is InChI=1S/C44H55N5O10S/c1-25(2)58-30-13-11-28(12-14-30)34-22-37(33-16-15-31(57-6)20-35(33)45-34)59-32-21-36-39(50)47-44(41(52)48-60(55,56)43(5)17-18-43)23-29(44)10-8-7-9-26(3)19-27(4)38(46-42(53)54)40(51)49(36)24-32/h8,10-16,20,22,25-27,29,32,36,38,46H,7,9,17-19,21,23-24H2,1-6H3,(H,47,50)(H,48,52)(H,53,54)/t26-,27-,29-,32-,36+,38+,44-/m1/s1. The molecule has 4 N–H and O–H groups in total. The molecule has 0 spiro atoms. The molecule has 4 aliphatic rings. The number of carbonyl (C=O) groups is 4. The third-order valence-corrected chi connectivity index (χ3v) is 14.5. The largest absolute Gasteiger partial charge is 0.497 e. The molecule has 60 heavy (non-hydrogen) atoms. The minimum atomic E-state index is -4.03. The van der Waals surface area contributed by atoms with Gasteiger partial charge in [-0.25, -0.2) is 18.2 Å². The van der Waals surface area contributed by atoms with E-state index >= 15 is 0 Å². The molecule has 1 aromatic heterocycles. The van der Waals surface area contributed by atoms with Crippen molar-refractivity contribution in [3.05, 3.63) is 60.7 Å². The highest BCUT2D eigenvalue weighted by molar-refractivity contribution is 7.91. The van der Waals surface area contributed by atoms with Crippen LogP contribution in [0.3, 0.4) is 0 Å². The van der Waals surface area contributed by atoms with Crippen molar-refractivity contribution in [3.63, 3.8) is 0 Å². The Hall–Kier alpha value is -5.38. The highest BCUT2D eigenvalue weighted by Crippen LogP contribution is 2.48. The molecule has 7 atom stereocenters. The molecular weight excluding hydrogens is 791 g/mol. The predicted molar refractivity (Wildman–Crippen MR) is 224 cm³/mol. The summed E-state index contributed by atoms with van der Waals surface area (Å²) in [5.74, 6) is -1.18. The van der Waals surface area contributed by atoms with E-state index in [1.165, 1.54) is 4.90 Å². The first-order valence-electron chi connectivity index (χ1n) is 20.7. The van der Waals surface area contributed by atoms with Crippen LogP contribution in [0.25, 0.3) is 22.2 Å². The van der Waals surface area contributed by atoms with E-state index in [1.807, 2.05) is 70.2 Å². The Morgan fingerprint density at radius 1 is 1.03 bits per heavy atom. The number of pyridine rings is 1. The van der Waals surface area contributed by atoms with Gasteiger partial charge in [-0.15, -0.1) is 0 Å². The number of nitrogens with zero attached hydrogens (tertiary/aromatic N) is 2. The van der Waals surface area contributed by atoms with E-state index in [2.05, 4.69) is 15.4 Å². The zero-order valence-electron chi connectivity index (χ0n) is 34.9. The Kier molecular flexibility index (Phi) is 11.8. The van der Waals surface area contributed by atoms with Crippen LogP contribution in [0.1, 0.15) is 79.6 Å². The molecule has 2 saturated carbocycles. The minimum absolute atomic E-state index is 0.00374. The van der Waals surface area contributed by atoms with Gasteiger partial charge in [-0.2, -0.15) is 0 Å². The number of carbonyl (C=O) groups excluding carboxylic acids is 3. The molecule has 0 bridgehead atoms. The molecule has 3 heterocycles. The van der Waals surface area contributed by atoms with E-state index in [0.717, 1.165) is 12.0 Å². The fraction of sp³-hybridized carbons (Fsp3) is 0.523. The third kappa shape index (κ3) is 8.89. The number of hydrogen-bond donors (Lipinski definition) is 4. The molecule has 322 valence electrons. The molecule has 4 amide bonds. The molecule has 16 heteroatoms. The Labute approximate surface area is 350 Å². The van der Waals surface area contributed by atoms with Gasteiger partial charge in [-0.1, -0.05) is 26.0 Å². The molecule has 0 unspecified atom stereocenters. The quantitative estimate of drug-likeness (QED) is 0.186. The lowest BCUT2D eigenvalue weighted by molar-refractivity contribution is -0.142. The van der Waals surface area contributed by atoms with E-state index in [1.54, 1.807) is 32.2 Å². The van der Waals surface area contributed by atoms with E-state index in [-0.39, 0.29) is 31.4 Å². The topological polar surface area (TPSA) is 203 Å². The van der Waals surface area contributed by atoms with E-state index < -0.39 is 74.1 Å². The summed E-state index contributed by atoms with van der Waals surface area (Å²) in [4.78, 5) is 61.6. The molecular formula is C44H55N5O10S. The molecule has 15 nitrogen and oxygen atoms in total. The third-order valence-electron chi connectivity index (χ3n) is 12.3. The number of fused-ring (bicyclic) bond motifs is 3. The number of carboxylic acid groups (broad SMARTS) is 1. The van der Waals surface area contributed by atoms with Gasteiger partial charge >= 0.3 is 6.09 Å². The van der Waals surface area contributed by atoms with Crippen LogP contribution in [-0.4, -0.2) is 95.5 Å². The van der Waals surface area contributed by atoms with E-state index in [4.69, 9.17) is 19.2 Å². The smallest absolute Gasteiger partial charge is 0.405 e. The van der Waals surface area contributed by atoms with Crippen molar-refractivity contribution >= 4 is 44.7 Å². The zero-order valence-corrected chi connectivity index (χ0v) is 35.7. The van der Waals surface area contributed by atoms with Gasteiger partial charge in [0.15, 0.2) is 0 Å². The van der Waals surface area contributed by atoms with Crippen LogP contribution in [0.2, 0.25) is 0 Å². The second-order valence-corrected chi connectivity index (χ2v) is 19.7. The highest BCUT2D eigenvalue weighted by atomic mass is 32.2. The van der Waals surface area contributed by atoms with Gasteiger partial charge < -0.3 is 34.9 Å². The van der Waals surface area contributed by atoms with Crippen molar-refractivity contribution in [1.29, 1.82) is 0 Å². The van der Waals surface area contributed by atoms with Crippen LogP contribution in [0.4, 0.5) is 4.79 Å². The molecule has 0 radical (unpaired) electrons. The van der Waals surface area contributed by atoms with Gasteiger partial charge in [0.05, 0.1) is 35.7 Å². The second-order valence-electron chi connectivity index (χ2n) is 17.5. The number of amides is 4. The lowest BCUT2D eigenvalue weighted by atomic mass is 9.88. The molecule has 2 aliphatic heterocycles. The molecule has 3 fully saturated rings. The zero-order chi connectivity index (χ0) is 43.1. The first-order valence-corrected chi connectivity index (χ1v) is 22.2. The summed E-state index contributed by atoms with van der Waals surface area (Å²) in [7, 11) is -2.47. The molecule has 2 aromatic carbocycles. The summed E-state index contributed by atoms with van der Waals surface area (Å²) in [6.45, 7) is 9.25. The van der Waals surface area contributed by atoms with Gasteiger partial charge in [0.1, 0.15) is 41.0 Å². The monoisotopic (exact) mass is 845 g/mol. The van der Waals surface area contributed by atoms with Crippen LogP contribution in [0.5, 0.6) is 17.2 Å². The molecule has 7 rings (SSSR count). The Bertz CT molecular complexity index is 2300. The number of allylic oxidation sites excluding steroid dienone is 1. The second kappa shape index (κ2) is 16.6. The number of aromatic nitrogens is 1. The summed E-state index contributed by atoms with van der Waals surface area (Å²) in [6, 6.07) is 12.3. The highest BCUT2D eigenvalue weighted by Gasteiger charge is 2.63. The number of nitrogens with one attached hydrogen (secondary N) is 3. The Balaban J connectivity index is 1.24. The van der Waals surface area contributed by atoms with Crippen molar-refractivity contribution in [2.75, 3.05) is 13.7 Å². The summed E-state index contributed by atoms with van der Waals surface area (Å²) in [5, 5.41) is 15.9. The van der Waals surface area contributed by atoms with Crippen molar-refractivity contribution in [1.82, 2.24) is 25.2 Å². The number of sulfonamides is 1. The maximum atomic E-state index is 14.6. The maximum Gasteiger partial charge on any atom is 0.405 e. The summed E-state index contributed by atoms with van der Waals surface area (Å²) in [6.07, 6.45) is 4.54.